The smallest absolute Gasteiger partial charge is 0.269 e. The van der Waals surface area contributed by atoms with Crippen LogP contribution in [-0.2, 0) is 13.5 Å². The van der Waals surface area contributed by atoms with Crippen LogP contribution in [0.25, 0.3) is 0 Å². The van der Waals surface area contributed by atoms with Gasteiger partial charge >= 0.3 is 0 Å². The highest BCUT2D eigenvalue weighted by Gasteiger charge is 2.10. The average molecular weight is 278 g/mol. The van der Waals surface area contributed by atoms with Gasteiger partial charge in [-0.05, 0) is 37.1 Å². The van der Waals surface area contributed by atoms with Crippen LogP contribution >= 0.6 is 11.6 Å². The summed E-state index contributed by atoms with van der Waals surface area (Å²) in [7, 11) is 1.76. The quantitative estimate of drug-likeness (QED) is 0.932. The first-order valence-corrected chi connectivity index (χ1v) is 6.47. The molecule has 0 spiro atoms. The number of hydrogen-bond donors (Lipinski definition) is 1. The summed E-state index contributed by atoms with van der Waals surface area (Å²) in [5.41, 5.74) is 2.56. The van der Waals surface area contributed by atoms with Gasteiger partial charge in [-0.1, -0.05) is 23.7 Å². The lowest BCUT2D eigenvalue weighted by Gasteiger charge is -2.05. The molecule has 1 heterocycles. The van der Waals surface area contributed by atoms with Crippen molar-refractivity contribution in [3.63, 3.8) is 0 Å². The van der Waals surface area contributed by atoms with Gasteiger partial charge in [0.05, 0.1) is 5.69 Å². The molecule has 100 valence electrons. The van der Waals surface area contributed by atoms with Crippen molar-refractivity contribution in [2.75, 3.05) is 6.54 Å². The summed E-state index contributed by atoms with van der Waals surface area (Å²) in [6, 6.07) is 9.40. The van der Waals surface area contributed by atoms with Crippen LogP contribution in [0.5, 0.6) is 0 Å². The molecule has 1 amide bonds. The predicted octanol–water partition coefficient (Wildman–Crippen LogP) is 2.35. The summed E-state index contributed by atoms with van der Waals surface area (Å²) in [6.45, 7) is 2.45. The number of nitrogens with zero attached hydrogens (tertiary/aromatic N) is 2. The molecule has 0 aliphatic rings. The molecule has 0 saturated heterocycles. The standard InChI is InChI=1S/C14H16ClN3O/c1-10-9-13(18(2)17-10)14(19)16-8-7-11-3-5-12(15)6-4-11/h3-6,9H,7-8H2,1-2H3,(H,16,19). The first-order valence-electron chi connectivity index (χ1n) is 6.09. The maximum atomic E-state index is 11.9. The molecule has 2 aromatic rings. The Morgan fingerprint density at radius 2 is 2.05 bits per heavy atom. The average Bonchev–Trinajstić information content (AvgIpc) is 2.71. The van der Waals surface area contributed by atoms with Gasteiger partial charge in [-0.3, -0.25) is 9.48 Å². The topological polar surface area (TPSA) is 46.9 Å². The van der Waals surface area contributed by atoms with E-state index in [-0.39, 0.29) is 5.91 Å². The van der Waals surface area contributed by atoms with Crippen molar-refractivity contribution in [3.8, 4) is 0 Å². The number of hydrogen-bond acceptors (Lipinski definition) is 2. The summed E-state index contributed by atoms with van der Waals surface area (Å²) in [4.78, 5) is 11.9. The van der Waals surface area contributed by atoms with Crippen molar-refractivity contribution in [1.29, 1.82) is 0 Å². The summed E-state index contributed by atoms with van der Waals surface area (Å²) >= 11 is 5.82. The number of carbonyl (C=O) groups is 1. The van der Waals surface area contributed by atoms with Crippen molar-refractivity contribution < 1.29 is 4.79 Å². The summed E-state index contributed by atoms with van der Waals surface area (Å²) in [6.07, 6.45) is 0.778. The fraction of sp³-hybridized carbons (Fsp3) is 0.286. The molecular formula is C14H16ClN3O. The van der Waals surface area contributed by atoms with Crippen LogP contribution in [0.1, 0.15) is 21.7 Å². The third-order valence-electron chi connectivity index (χ3n) is 2.85. The third kappa shape index (κ3) is 3.58. The molecule has 19 heavy (non-hydrogen) atoms. The number of halogens is 1. The molecule has 0 unspecified atom stereocenters. The molecule has 0 fully saturated rings. The number of aryl methyl sites for hydroxylation is 2. The lowest BCUT2D eigenvalue weighted by atomic mass is 10.1. The van der Waals surface area contributed by atoms with Crippen LogP contribution in [0.15, 0.2) is 30.3 Å². The van der Waals surface area contributed by atoms with E-state index in [0.29, 0.717) is 12.2 Å². The van der Waals surface area contributed by atoms with Gasteiger partial charge in [0.25, 0.3) is 5.91 Å². The molecule has 0 bridgehead atoms. The Morgan fingerprint density at radius 1 is 1.37 bits per heavy atom. The van der Waals surface area contributed by atoms with Crippen LogP contribution in [0.3, 0.4) is 0 Å². The Morgan fingerprint density at radius 3 is 2.63 bits per heavy atom. The van der Waals surface area contributed by atoms with Crippen molar-refractivity contribution in [2.24, 2.45) is 7.05 Å². The number of carbonyl (C=O) groups excluding carboxylic acids is 1. The van der Waals surface area contributed by atoms with Crippen LogP contribution in [0.2, 0.25) is 5.02 Å². The largest absolute Gasteiger partial charge is 0.350 e. The molecular weight excluding hydrogens is 262 g/mol. The minimum absolute atomic E-state index is 0.0999. The monoisotopic (exact) mass is 277 g/mol. The third-order valence-corrected chi connectivity index (χ3v) is 3.10. The van der Waals surface area contributed by atoms with Crippen LogP contribution < -0.4 is 5.32 Å². The zero-order valence-corrected chi connectivity index (χ0v) is 11.7. The highest BCUT2D eigenvalue weighted by atomic mass is 35.5. The first kappa shape index (κ1) is 13.6. The second-order valence-corrected chi connectivity index (χ2v) is 4.86. The van der Waals surface area contributed by atoms with E-state index >= 15 is 0 Å². The van der Waals surface area contributed by atoms with Crippen molar-refractivity contribution in [1.82, 2.24) is 15.1 Å². The van der Waals surface area contributed by atoms with Gasteiger partial charge in [0.1, 0.15) is 5.69 Å². The van der Waals surface area contributed by atoms with Gasteiger partial charge in [0.15, 0.2) is 0 Å². The molecule has 1 N–H and O–H groups in total. The molecule has 1 aromatic heterocycles. The van der Waals surface area contributed by atoms with Crippen molar-refractivity contribution >= 4 is 17.5 Å². The molecule has 0 radical (unpaired) electrons. The minimum atomic E-state index is -0.0999. The van der Waals surface area contributed by atoms with Gasteiger partial charge in [0, 0.05) is 18.6 Å². The molecule has 4 nitrogen and oxygen atoms in total. The highest BCUT2D eigenvalue weighted by molar-refractivity contribution is 6.30. The van der Waals surface area contributed by atoms with E-state index in [1.54, 1.807) is 17.8 Å². The van der Waals surface area contributed by atoms with Gasteiger partial charge in [-0.25, -0.2) is 0 Å². The van der Waals surface area contributed by atoms with E-state index in [9.17, 15) is 4.79 Å². The van der Waals surface area contributed by atoms with E-state index in [1.165, 1.54) is 0 Å². The lowest BCUT2D eigenvalue weighted by molar-refractivity contribution is 0.0944. The Balaban J connectivity index is 1.87. The fourth-order valence-electron chi connectivity index (χ4n) is 1.89. The molecule has 0 atom stereocenters. The SMILES string of the molecule is Cc1cc(C(=O)NCCc2ccc(Cl)cc2)n(C)n1. The maximum absolute atomic E-state index is 11.9. The van der Waals surface area contributed by atoms with E-state index in [1.807, 2.05) is 31.2 Å². The molecule has 0 aliphatic carbocycles. The van der Waals surface area contributed by atoms with Crippen molar-refractivity contribution in [2.45, 2.75) is 13.3 Å². The number of aromatic nitrogens is 2. The molecule has 0 saturated carbocycles. The van der Waals surface area contributed by atoms with E-state index < -0.39 is 0 Å². The van der Waals surface area contributed by atoms with E-state index in [0.717, 1.165) is 22.7 Å². The number of nitrogens with one attached hydrogen (secondary N) is 1. The predicted molar refractivity (Wildman–Crippen MR) is 75.4 cm³/mol. The number of rotatable bonds is 4. The van der Waals surface area contributed by atoms with Gasteiger partial charge < -0.3 is 5.32 Å². The molecule has 1 aromatic carbocycles. The van der Waals surface area contributed by atoms with Crippen LogP contribution in [0, 0.1) is 6.92 Å². The summed E-state index contributed by atoms with van der Waals surface area (Å²) in [5, 5.41) is 7.75. The summed E-state index contributed by atoms with van der Waals surface area (Å²) < 4.78 is 1.59. The molecule has 2 rings (SSSR count). The lowest BCUT2D eigenvalue weighted by Crippen LogP contribution is -2.27. The summed E-state index contributed by atoms with van der Waals surface area (Å²) in [5.74, 6) is -0.0999. The van der Waals surface area contributed by atoms with E-state index in [2.05, 4.69) is 10.4 Å². The maximum Gasteiger partial charge on any atom is 0.269 e. The number of amides is 1. The second kappa shape index (κ2) is 5.89. The Bertz CT molecular complexity index is 575. The highest BCUT2D eigenvalue weighted by Crippen LogP contribution is 2.09. The molecule has 5 heteroatoms. The Kier molecular flexibility index (Phi) is 4.22. The first-order chi connectivity index (χ1) is 9.06. The number of benzene rings is 1. The van der Waals surface area contributed by atoms with Gasteiger partial charge in [0.2, 0.25) is 0 Å². The zero-order chi connectivity index (χ0) is 13.8. The molecule has 0 aliphatic heterocycles. The normalized spacial score (nSPS) is 10.5. The van der Waals surface area contributed by atoms with E-state index in [4.69, 9.17) is 11.6 Å². The van der Waals surface area contributed by atoms with Crippen molar-refractivity contribution in [3.05, 3.63) is 52.3 Å². The Hall–Kier alpha value is -1.81. The fourth-order valence-corrected chi connectivity index (χ4v) is 2.01. The van der Waals surface area contributed by atoms with Gasteiger partial charge in [-0.2, -0.15) is 5.10 Å². The Labute approximate surface area is 117 Å². The van der Waals surface area contributed by atoms with Crippen LogP contribution in [0.4, 0.5) is 0 Å². The van der Waals surface area contributed by atoms with Crippen LogP contribution in [-0.4, -0.2) is 22.2 Å². The minimum Gasteiger partial charge on any atom is -0.350 e. The second-order valence-electron chi connectivity index (χ2n) is 4.43. The van der Waals surface area contributed by atoms with Gasteiger partial charge in [-0.15, -0.1) is 0 Å². The zero-order valence-electron chi connectivity index (χ0n) is 11.0.